The van der Waals surface area contributed by atoms with Crippen molar-refractivity contribution in [2.24, 2.45) is 5.92 Å². The maximum absolute atomic E-state index is 13.1. The van der Waals surface area contributed by atoms with Crippen LogP contribution in [0.3, 0.4) is 0 Å². The summed E-state index contributed by atoms with van der Waals surface area (Å²) in [6, 6.07) is 19.4. The fraction of sp³-hybridized carbons (Fsp3) is 0.435. The zero-order chi connectivity index (χ0) is 18.3. The summed E-state index contributed by atoms with van der Waals surface area (Å²) in [5.74, 6) is 1.96. The number of amides is 1. The van der Waals surface area contributed by atoms with Crippen LogP contribution in [0.5, 0.6) is 0 Å². The summed E-state index contributed by atoms with van der Waals surface area (Å²) in [5.41, 5.74) is 4.07. The summed E-state index contributed by atoms with van der Waals surface area (Å²) in [5, 5.41) is 0.175. The van der Waals surface area contributed by atoms with Crippen molar-refractivity contribution >= 4 is 17.7 Å². The van der Waals surface area contributed by atoms with E-state index in [4.69, 9.17) is 0 Å². The highest BCUT2D eigenvalue weighted by atomic mass is 32.2. The van der Waals surface area contributed by atoms with Gasteiger partial charge in [0.1, 0.15) is 5.37 Å². The van der Waals surface area contributed by atoms with Gasteiger partial charge in [-0.3, -0.25) is 4.79 Å². The number of rotatable bonds is 3. The third-order valence-electron chi connectivity index (χ3n) is 5.57. The molecule has 2 aromatic carbocycles. The molecule has 1 aliphatic heterocycles. The van der Waals surface area contributed by atoms with E-state index in [1.54, 1.807) is 0 Å². The molecule has 2 aliphatic rings. The van der Waals surface area contributed by atoms with Crippen molar-refractivity contribution in [2.45, 2.75) is 43.9 Å². The van der Waals surface area contributed by atoms with Gasteiger partial charge in [0.05, 0.1) is 0 Å². The minimum atomic E-state index is 0.160. The normalized spacial score (nSPS) is 25.3. The first-order chi connectivity index (χ1) is 12.4. The second kappa shape index (κ2) is 6.77. The van der Waals surface area contributed by atoms with E-state index in [2.05, 4.69) is 74.2 Å². The molecule has 1 saturated heterocycles. The molecule has 3 atom stereocenters. The molecule has 0 N–H and O–H groups in total. The van der Waals surface area contributed by atoms with Crippen LogP contribution in [-0.4, -0.2) is 23.1 Å². The molecule has 2 aromatic rings. The van der Waals surface area contributed by atoms with Crippen LogP contribution in [0.1, 0.15) is 55.2 Å². The molecular weight excluding hydrogens is 338 g/mol. The van der Waals surface area contributed by atoms with E-state index in [1.165, 1.54) is 16.7 Å². The van der Waals surface area contributed by atoms with E-state index >= 15 is 0 Å². The van der Waals surface area contributed by atoms with Crippen LogP contribution < -0.4 is 0 Å². The fourth-order valence-electron chi connectivity index (χ4n) is 3.87. The van der Waals surface area contributed by atoms with Gasteiger partial charge in [0.15, 0.2) is 0 Å². The number of nitrogens with zero attached hydrogens (tertiary/aromatic N) is 1. The van der Waals surface area contributed by atoms with Crippen molar-refractivity contribution < 1.29 is 4.79 Å². The Morgan fingerprint density at radius 1 is 1.00 bits per heavy atom. The van der Waals surface area contributed by atoms with E-state index < -0.39 is 0 Å². The van der Waals surface area contributed by atoms with Crippen molar-refractivity contribution in [2.75, 3.05) is 12.3 Å². The minimum Gasteiger partial charge on any atom is -0.325 e. The SMILES string of the molecule is CC(C)(C)c1ccc(C2SCCN2C(=O)C2CC2c2ccccc2)cc1. The van der Waals surface area contributed by atoms with Gasteiger partial charge in [-0.05, 0) is 34.4 Å². The quantitative estimate of drug-likeness (QED) is 0.729. The standard InChI is InChI=1S/C23H27NOS/c1-23(2,3)18-11-9-17(10-12-18)22-24(13-14-26-22)21(25)20-15-19(20)16-7-5-4-6-8-16/h4-12,19-20,22H,13-15H2,1-3H3. The van der Waals surface area contributed by atoms with Gasteiger partial charge in [0.25, 0.3) is 0 Å². The maximum atomic E-state index is 13.1. The lowest BCUT2D eigenvalue weighted by atomic mass is 9.86. The van der Waals surface area contributed by atoms with Gasteiger partial charge < -0.3 is 4.90 Å². The maximum Gasteiger partial charge on any atom is 0.227 e. The summed E-state index contributed by atoms with van der Waals surface area (Å²) in [6.45, 7) is 7.57. The Balaban J connectivity index is 1.48. The molecule has 136 valence electrons. The molecule has 1 aliphatic carbocycles. The van der Waals surface area contributed by atoms with Gasteiger partial charge in [-0.2, -0.15) is 0 Å². The Kier molecular flexibility index (Phi) is 4.60. The molecule has 1 saturated carbocycles. The van der Waals surface area contributed by atoms with Crippen molar-refractivity contribution in [3.8, 4) is 0 Å². The zero-order valence-electron chi connectivity index (χ0n) is 15.8. The average molecular weight is 366 g/mol. The van der Waals surface area contributed by atoms with E-state index in [9.17, 15) is 4.79 Å². The molecule has 0 spiro atoms. The zero-order valence-corrected chi connectivity index (χ0v) is 16.6. The summed E-state index contributed by atoms with van der Waals surface area (Å²) in [7, 11) is 0. The third-order valence-corrected chi connectivity index (χ3v) is 6.83. The first-order valence-electron chi connectivity index (χ1n) is 9.52. The van der Waals surface area contributed by atoms with Crippen LogP contribution in [0.15, 0.2) is 54.6 Å². The Hall–Kier alpha value is -1.74. The van der Waals surface area contributed by atoms with Gasteiger partial charge >= 0.3 is 0 Å². The lowest BCUT2D eigenvalue weighted by Crippen LogP contribution is -2.32. The van der Waals surface area contributed by atoms with Crippen LogP contribution in [0.4, 0.5) is 0 Å². The molecule has 1 heterocycles. The number of carbonyl (C=O) groups is 1. The van der Waals surface area contributed by atoms with Crippen LogP contribution in [0.25, 0.3) is 0 Å². The summed E-state index contributed by atoms with van der Waals surface area (Å²) in [4.78, 5) is 15.2. The molecule has 0 bridgehead atoms. The van der Waals surface area contributed by atoms with Crippen molar-refractivity contribution in [3.05, 3.63) is 71.3 Å². The highest BCUT2D eigenvalue weighted by Crippen LogP contribution is 2.51. The molecule has 0 aromatic heterocycles. The van der Waals surface area contributed by atoms with Gasteiger partial charge in [0, 0.05) is 18.2 Å². The van der Waals surface area contributed by atoms with Crippen LogP contribution in [-0.2, 0) is 10.2 Å². The van der Waals surface area contributed by atoms with Crippen molar-refractivity contribution in [3.63, 3.8) is 0 Å². The Morgan fingerprint density at radius 2 is 1.69 bits per heavy atom. The van der Waals surface area contributed by atoms with E-state index in [0.717, 1.165) is 18.7 Å². The van der Waals surface area contributed by atoms with Gasteiger partial charge in [-0.25, -0.2) is 0 Å². The van der Waals surface area contributed by atoms with Crippen LogP contribution >= 0.6 is 11.8 Å². The summed E-state index contributed by atoms with van der Waals surface area (Å²) in [6.07, 6.45) is 1.000. The first-order valence-corrected chi connectivity index (χ1v) is 10.6. The molecule has 26 heavy (non-hydrogen) atoms. The third kappa shape index (κ3) is 3.42. The fourth-order valence-corrected chi connectivity index (χ4v) is 5.13. The molecule has 2 nitrogen and oxygen atoms in total. The molecular formula is C23H27NOS. The number of hydrogen-bond acceptors (Lipinski definition) is 2. The monoisotopic (exact) mass is 365 g/mol. The predicted molar refractivity (Wildman–Crippen MR) is 109 cm³/mol. The lowest BCUT2D eigenvalue weighted by Gasteiger charge is -2.26. The van der Waals surface area contributed by atoms with Gasteiger partial charge in [-0.15, -0.1) is 11.8 Å². The summed E-state index contributed by atoms with van der Waals surface area (Å²) < 4.78 is 0. The lowest BCUT2D eigenvalue weighted by molar-refractivity contribution is -0.132. The van der Waals surface area contributed by atoms with E-state index in [-0.39, 0.29) is 16.7 Å². The minimum absolute atomic E-state index is 0.160. The Bertz CT molecular complexity index is 778. The molecule has 3 unspecified atom stereocenters. The second-order valence-corrected chi connectivity index (χ2v) is 9.67. The van der Waals surface area contributed by atoms with Crippen molar-refractivity contribution in [1.29, 1.82) is 0 Å². The Labute approximate surface area is 161 Å². The van der Waals surface area contributed by atoms with E-state index in [0.29, 0.717) is 11.8 Å². The highest BCUT2D eigenvalue weighted by Gasteiger charge is 2.47. The number of thioether (sulfide) groups is 1. The topological polar surface area (TPSA) is 20.3 Å². The van der Waals surface area contributed by atoms with Crippen LogP contribution in [0.2, 0.25) is 0 Å². The molecule has 3 heteroatoms. The smallest absolute Gasteiger partial charge is 0.227 e. The molecule has 1 amide bonds. The number of benzene rings is 2. The first kappa shape index (κ1) is 17.7. The van der Waals surface area contributed by atoms with Gasteiger partial charge in [0.2, 0.25) is 5.91 Å². The second-order valence-electron chi connectivity index (χ2n) is 8.49. The molecule has 2 fully saturated rings. The number of hydrogen-bond donors (Lipinski definition) is 0. The largest absolute Gasteiger partial charge is 0.325 e. The van der Waals surface area contributed by atoms with Gasteiger partial charge in [-0.1, -0.05) is 75.4 Å². The molecule has 0 radical (unpaired) electrons. The highest BCUT2D eigenvalue weighted by molar-refractivity contribution is 7.99. The number of carbonyl (C=O) groups excluding carboxylic acids is 1. The Morgan fingerprint density at radius 3 is 2.35 bits per heavy atom. The molecule has 4 rings (SSSR count). The van der Waals surface area contributed by atoms with Crippen LogP contribution in [0, 0.1) is 5.92 Å². The van der Waals surface area contributed by atoms with Crippen molar-refractivity contribution in [1.82, 2.24) is 4.90 Å². The van der Waals surface area contributed by atoms with E-state index in [1.807, 2.05) is 17.8 Å². The summed E-state index contributed by atoms with van der Waals surface area (Å²) >= 11 is 1.89. The predicted octanol–water partition coefficient (Wildman–Crippen LogP) is 5.36. The average Bonchev–Trinajstić information content (AvgIpc) is 3.29.